The summed E-state index contributed by atoms with van der Waals surface area (Å²) in [6.45, 7) is 3.36. The maximum absolute atomic E-state index is 11.6. The quantitative estimate of drug-likeness (QED) is 0.404. The van der Waals surface area contributed by atoms with Crippen LogP contribution in [0.3, 0.4) is 0 Å². The third-order valence-electron chi connectivity index (χ3n) is 5.68. The molecule has 11 heteroatoms. The summed E-state index contributed by atoms with van der Waals surface area (Å²) in [5, 5.41) is 14.9. The van der Waals surface area contributed by atoms with Crippen LogP contribution in [0.1, 0.15) is 32.4 Å². The van der Waals surface area contributed by atoms with Crippen molar-refractivity contribution in [1.82, 2.24) is 30.2 Å². The number of benzene rings is 2. The van der Waals surface area contributed by atoms with Crippen LogP contribution in [-0.4, -0.2) is 44.5 Å². The summed E-state index contributed by atoms with van der Waals surface area (Å²) in [5.74, 6) is 1.36. The molecule has 2 N–H and O–H groups in total. The minimum atomic E-state index is -0.0866. The number of halogens is 1. The number of fused-ring (bicyclic) bond motifs is 2. The zero-order chi connectivity index (χ0) is 25.6. The first-order valence-electron chi connectivity index (χ1n) is 11.8. The SMILES string of the molecule is O=C1NCCn2nc(COc3ccc(Cl)cc3)cc21.O=C1NCCn2nc(COc3ccccc3)cc21. The number of aromatic nitrogens is 4. The number of hydrogen-bond donors (Lipinski definition) is 2. The highest BCUT2D eigenvalue weighted by molar-refractivity contribution is 6.30. The van der Waals surface area contributed by atoms with Gasteiger partial charge in [0, 0.05) is 18.1 Å². The standard InChI is InChI=1S/C13H12ClN3O2.C13H13N3O2/c14-9-1-3-11(4-2-9)19-8-10-7-12-13(18)15-5-6-17(12)16-10;17-13-12-8-10(15-16(12)7-6-14-13)9-18-11-4-2-1-3-5-11/h1-4,7H,5-6,8H2,(H,15,18);1-5,8H,6-7,9H2,(H,14,17). The van der Waals surface area contributed by atoms with E-state index in [1.54, 1.807) is 45.8 Å². The van der Waals surface area contributed by atoms with Crippen molar-refractivity contribution in [3.63, 3.8) is 0 Å². The average Bonchev–Trinajstić information content (AvgIpc) is 3.54. The zero-order valence-electron chi connectivity index (χ0n) is 19.9. The van der Waals surface area contributed by atoms with Crippen molar-refractivity contribution in [2.45, 2.75) is 26.3 Å². The van der Waals surface area contributed by atoms with Crippen LogP contribution < -0.4 is 20.1 Å². The summed E-state index contributed by atoms with van der Waals surface area (Å²) in [6, 6.07) is 20.2. The van der Waals surface area contributed by atoms with E-state index in [1.807, 2.05) is 30.3 Å². The first kappa shape index (κ1) is 24.4. The number of rotatable bonds is 6. The van der Waals surface area contributed by atoms with Gasteiger partial charge in [-0.2, -0.15) is 10.2 Å². The Balaban J connectivity index is 0.000000152. The molecule has 0 radical (unpaired) electrons. The predicted molar refractivity (Wildman–Crippen MR) is 136 cm³/mol. The second-order valence-electron chi connectivity index (χ2n) is 8.34. The molecule has 6 rings (SSSR count). The van der Waals surface area contributed by atoms with E-state index in [9.17, 15) is 9.59 Å². The number of hydrogen-bond acceptors (Lipinski definition) is 6. The molecule has 0 atom stereocenters. The first-order valence-corrected chi connectivity index (χ1v) is 12.2. The molecule has 4 aromatic rings. The molecule has 2 aliphatic heterocycles. The van der Waals surface area contributed by atoms with Crippen molar-refractivity contribution in [2.75, 3.05) is 13.1 Å². The second-order valence-corrected chi connectivity index (χ2v) is 8.78. The summed E-state index contributed by atoms with van der Waals surface area (Å²) in [4.78, 5) is 23.1. The van der Waals surface area contributed by atoms with E-state index >= 15 is 0 Å². The van der Waals surface area contributed by atoms with Gasteiger partial charge in [-0.3, -0.25) is 19.0 Å². The van der Waals surface area contributed by atoms with Crippen molar-refractivity contribution < 1.29 is 19.1 Å². The van der Waals surface area contributed by atoms with E-state index in [1.165, 1.54) is 0 Å². The lowest BCUT2D eigenvalue weighted by molar-refractivity contribution is 0.0916. The van der Waals surface area contributed by atoms with Crippen LogP contribution in [-0.2, 0) is 26.3 Å². The van der Waals surface area contributed by atoms with E-state index in [0.717, 1.165) is 22.9 Å². The number of nitrogens with one attached hydrogen (secondary N) is 2. The van der Waals surface area contributed by atoms with Gasteiger partial charge in [-0.15, -0.1) is 0 Å². The van der Waals surface area contributed by atoms with Gasteiger partial charge in [0.05, 0.1) is 13.1 Å². The first-order chi connectivity index (χ1) is 18.0. The zero-order valence-corrected chi connectivity index (χ0v) is 20.6. The molecule has 0 saturated carbocycles. The van der Waals surface area contributed by atoms with Crippen LogP contribution >= 0.6 is 11.6 Å². The monoisotopic (exact) mass is 520 g/mol. The van der Waals surface area contributed by atoms with Gasteiger partial charge in [-0.25, -0.2) is 0 Å². The lowest BCUT2D eigenvalue weighted by atomic mass is 10.3. The maximum Gasteiger partial charge on any atom is 0.269 e. The summed E-state index contributed by atoms with van der Waals surface area (Å²) in [5.41, 5.74) is 2.70. The van der Waals surface area contributed by atoms with Crippen LogP contribution in [0.4, 0.5) is 0 Å². The summed E-state index contributed by atoms with van der Waals surface area (Å²) < 4.78 is 14.6. The fraction of sp³-hybridized carbons (Fsp3) is 0.231. The Morgan fingerprint density at radius 2 is 1.22 bits per heavy atom. The largest absolute Gasteiger partial charge is 0.487 e. The topological polar surface area (TPSA) is 112 Å². The summed E-state index contributed by atoms with van der Waals surface area (Å²) >= 11 is 5.80. The number of para-hydroxylation sites is 1. The summed E-state index contributed by atoms with van der Waals surface area (Å²) in [6.07, 6.45) is 0. The van der Waals surface area contributed by atoms with Gasteiger partial charge in [0.25, 0.3) is 11.8 Å². The van der Waals surface area contributed by atoms with Crippen molar-refractivity contribution >= 4 is 23.4 Å². The number of carbonyl (C=O) groups is 2. The Hall–Kier alpha value is -4.31. The molecule has 2 aliphatic rings. The third kappa shape index (κ3) is 6.10. The van der Waals surface area contributed by atoms with Crippen LogP contribution in [0, 0.1) is 0 Å². The fourth-order valence-electron chi connectivity index (χ4n) is 3.88. The van der Waals surface area contributed by atoms with Gasteiger partial charge < -0.3 is 20.1 Å². The molecule has 2 aromatic heterocycles. The van der Waals surface area contributed by atoms with Gasteiger partial charge in [-0.1, -0.05) is 29.8 Å². The molecule has 37 heavy (non-hydrogen) atoms. The second kappa shape index (κ2) is 11.2. The molecule has 10 nitrogen and oxygen atoms in total. The van der Waals surface area contributed by atoms with Gasteiger partial charge in [0.2, 0.25) is 0 Å². The van der Waals surface area contributed by atoms with Crippen molar-refractivity contribution in [2.24, 2.45) is 0 Å². The lowest BCUT2D eigenvalue weighted by Crippen LogP contribution is -2.35. The van der Waals surface area contributed by atoms with Crippen LogP contribution in [0.25, 0.3) is 0 Å². The molecule has 4 heterocycles. The van der Waals surface area contributed by atoms with Crippen molar-refractivity contribution in [3.05, 3.63) is 94.5 Å². The van der Waals surface area contributed by atoms with Gasteiger partial charge in [-0.05, 0) is 48.5 Å². The lowest BCUT2D eigenvalue weighted by Gasteiger charge is -2.13. The molecule has 0 unspecified atom stereocenters. The molecular formula is C26H25ClN6O4. The highest BCUT2D eigenvalue weighted by atomic mass is 35.5. The molecule has 2 aromatic carbocycles. The highest BCUT2D eigenvalue weighted by Crippen LogP contribution is 2.17. The number of ether oxygens (including phenoxy) is 2. The molecular weight excluding hydrogens is 496 g/mol. The fourth-order valence-corrected chi connectivity index (χ4v) is 4.01. The minimum Gasteiger partial charge on any atom is -0.487 e. The van der Waals surface area contributed by atoms with E-state index in [2.05, 4.69) is 20.8 Å². The van der Waals surface area contributed by atoms with E-state index in [4.69, 9.17) is 21.1 Å². The molecule has 2 amide bonds. The van der Waals surface area contributed by atoms with Crippen LogP contribution in [0.15, 0.2) is 66.7 Å². The predicted octanol–water partition coefficient (Wildman–Crippen LogP) is 3.06. The Bertz CT molecular complexity index is 1380. The molecule has 0 spiro atoms. The van der Waals surface area contributed by atoms with Crippen molar-refractivity contribution in [3.8, 4) is 11.5 Å². The molecule has 0 aliphatic carbocycles. The van der Waals surface area contributed by atoms with E-state index < -0.39 is 0 Å². The molecule has 190 valence electrons. The van der Waals surface area contributed by atoms with Crippen LogP contribution in [0.2, 0.25) is 5.02 Å². The number of amides is 2. The Morgan fingerprint density at radius 1 is 0.730 bits per heavy atom. The third-order valence-corrected chi connectivity index (χ3v) is 5.93. The normalized spacial score (nSPS) is 13.9. The smallest absolute Gasteiger partial charge is 0.269 e. The van der Waals surface area contributed by atoms with Gasteiger partial charge in [0.1, 0.15) is 47.5 Å². The Morgan fingerprint density at radius 3 is 1.70 bits per heavy atom. The van der Waals surface area contributed by atoms with Gasteiger partial charge in [0.15, 0.2) is 0 Å². The summed E-state index contributed by atoms with van der Waals surface area (Å²) in [7, 11) is 0. The number of carbonyl (C=O) groups excluding carboxylic acids is 2. The van der Waals surface area contributed by atoms with Gasteiger partial charge >= 0.3 is 0 Å². The van der Waals surface area contributed by atoms with Crippen molar-refractivity contribution in [1.29, 1.82) is 0 Å². The Kier molecular flexibility index (Phi) is 7.36. The minimum absolute atomic E-state index is 0.0697. The molecule has 0 bridgehead atoms. The van der Waals surface area contributed by atoms with E-state index in [0.29, 0.717) is 55.8 Å². The molecule has 0 saturated heterocycles. The Labute approximate surface area is 218 Å². The number of nitrogens with zero attached hydrogens (tertiary/aromatic N) is 4. The molecule has 0 fully saturated rings. The highest BCUT2D eigenvalue weighted by Gasteiger charge is 2.20. The maximum atomic E-state index is 11.6. The van der Waals surface area contributed by atoms with Crippen LogP contribution in [0.5, 0.6) is 11.5 Å². The van der Waals surface area contributed by atoms with E-state index in [-0.39, 0.29) is 11.8 Å². The average molecular weight is 521 g/mol.